The fourth-order valence-corrected chi connectivity index (χ4v) is 3.57. The Labute approximate surface area is 126 Å². The molecule has 0 fully saturated rings. The van der Waals surface area contributed by atoms with Crippen molar-refractivity contribution in [3.8, 4) is 0 Å². The summed E-state index contributed by atoms with van der Waals surface area (Å²) in [6, 6.07) is 14.3. The predicted molar refractivity (Wildman–Crippen MR) is 83.9 cm³/mol. The molecular weight excluding hydrogens is 285 g/mol. The summed E-state index contributed by atoms with van der Waals surface area (Å²) in [5, 5.41) is 11.7. The van der Waals surface area contributed by atoms with E-state index in [9.17, 15) is 9.50 Å². The maximum absolute atomic E-state index is 14.0. The Balaban J connectivity index is 1.98. The monoisotopic (exact) mass is 301 g/mol. The molecule has 0 saturated heterocycles. The molecule has 1 unspecified atom stereocenters. The molecular formula is C17H16FNOS. The summed E-state index contributed by atoms with van der Waals surface area (Å²) in [6.07, 6.45) is 0.758. The van der Waals surface area contributed by atoms with Crippen LogP contribution in [0, 0.1) is 5.82 Å². The maximum Gasteiger partial charge on any atom is 0.129 e. The number of fused-ring (bicyclic) bond motifs is 1. The first-order valence-corrected chi connectivity index (χ1v) is 7.76. The van der Waals surface area contributed by atoms with E-state index in [1.54, 1.807) is 29.5 Å². The molecule has 0 bridgehead atoms. The normalized spacial score (nSPS) is 14.2. The molecule has 2 aromatic carbocycles. The van der Waals surface area contributed by atoms with E-state index in [0.29, 0.717) is 18.4 Å². The Bertz CT molecular complexity index is 737. The van der Waals surface area contributed by atoms with Crippen molar-refractivity contribution in [2.75, 3.05) is 0 Å². The zero-order valence-electron chi connectivity index (χ0n) is 11.7. The van der Waals surface area contributed by atoms with Gasteiger partial charge in [-0.05, 0) is 24.6 Å². The van der Waals surface area contributed by atoms with E-state index in [-0.39, 0.29) is 5.82 Å². The van der Waals surface area contributed by atoms with Crippen molar-refractivity contribution < 1.29 is 9.50 Å². The van der Waals surface area contributed by atoms with Gasteiger partial charge in [0.15, 0.2) is 0 Å². The van der Waals surface area contributed by atoms with Crippen LogP contribution in [0.4, 0.5) is 4.39 Å². The number of thiazole rings is 1. The van der Waals surface area contributed by atoms with Gasteiger partial charge in [-0.15, -0.1) is 11.3 Å². The van der Waals surface area contributed by atoms with Gasteiger partial charge in [-0.3, -0.25) is 0 Å². The fraction of sp³-hybridized carbons (Fsp3) is 0.235. The topological polar surface area (TPSA) is 33.1 Å². The number of aliphatic hydroxyl groups is 1. The standard InChI is InChI=1S/C17H16FNOS/c1-2-17(20,12-7-3-4-8-13(12)18)11-16-19-14-9-5-6-10-15(14)21-16/h3-10,20H,2,11H2,1H3. The summed E-state index contributed by atoms with van der Waals surface area (Å²) in [5.41, 5.74) is 0.0374. The first-order valence-electron chi connectivity index (χ1n) is 6.94. The molecule has 3 aromatic rings. The first-order chi connectivity index (χ1) is 10.1. The van der Waals surface area contributed by atoms with E-state index < -0.39 is 5.60 Å². The molecule has 0 saturated carbocycles. The third-order valence-electron chi connectivity index (χ3n) is 3.74. The minimum Gasteiger partial charge on any atom is -0.385 e. The molecule has 4 heteroatoms. The smallest absolute Gasteiger partial charge is 0.129 e. The fourth-order valence-electron chi connectivity index (χ4n) is 2.50. The summed E-state index contributed by atoms with van der Waals surface area (Å²) in [6.45, 7) is 1.86. The van der Waals surface area contributed by atoms with Crippen LogP contribution < -0.4 is 0 Å². The lowest BCUT2D eigenvalue weighted by Crippen LogP contribution is -2.28. The molecule has 0 aliphatic carbocycles. The Kier molecular flexibility index (Phi) is 3.74. The van der Waals surface area contributed by atoms with Crippen LogP contribution in [0.2, 0.25) is 0 Å². The number of benzene rings is 2. The number of para-hydroxylation sites is 1. The number of rotatable bonds is 4. The lowest BCUT2D eigenvalue weighted by molar-refractivity contribution is 0.0292. The summed E-state index contributed by atoms with van der Waals surface area (Å²) in [7, 11) is 0. The number of nitrogens with zero attached hydrogens (tertiary/aromatic N) is 1. The van der Waals surface area contributed by atoms with Gasteiger partial charge in [-0.25, -0.2) is 9.37 Å². The zero-order chi connectivity index (χ0) is 14.9. The average molecular weight is 301 g/mol. The van der Waals surface area contributed by atoms with E-state index in [4.69, 9.17) is 0 Å². The van der Waals surface area contributed by atoms with Gasteiger partial charge < -0.3 is 5.11 Å². The van der Waals surface area contributed by atoms with E-state index in [1.807, 2.05) is 31.2 Å². The molecule has 1 heterocycles. The van der Waals surface area contributed by atoms with Gasteiger partial charge in [-0.1, -0.05) is 37.3 Å². The second-order valence-electron chi connectivity index (χ2n) is 5.12. The van der Waals surface area contributed by atoms with Crippen LogP contribution in [-0.2, 0) is 12.0 Å². The lowest BCUT2D eigenvalue weighted by Gasteiger charge is -2.26. The van der Waals surface area contributed by atoms with Crippen molar-refractivity contribution in [1.82, 2.24) is 4.98 Å². The third kappa shape index (κ3) is 2.69. The van der Waals surface area contributed by atoms with Gasteiger partial charge in [0.2, 0.25) is 0 Å². The summed E-state index contributed by atoms with van der Waals surface area (Å²) in [4.78, 5) is 4.54. The summed E-state index contributed by atoms with van der Waals surface area (Å²) >= 11 is 1.55. The Hall–Kier alpha value is -1.78. The number of halogens is 1. The van der Waals surface area contributed by atoms with Crippen LogP contribution in [0.3, 0.4) is 0 Å². The van der Waals surface area contributed by atoms with E-state index in [0.717, 1.165) is 15.2 Å². The SMILES string of the molecule is CCC(O)(Cc1nc2ccccc2s1)c1ccccc1F. The number of hydrogen-bond donors (Lipinski definition) is 1. The molecule has 0 radical (unpaired) electrons. The van der Waals surface area contributed by atoms with Crippen LogP contribution in [0.25, 0.3) is 10.2 Å². The highest BCUT2D eigenvalue weighted by molar-refractivity contribution is 7.18. The second kappa shape index (κ2) is 5.54. The predicted octanol–water partition coefficient (Wildman–Crippen LogP) is 4.28. The van der Waals surface area contributed by atoms with Crippen LogP contribution in [0.1, 0.15) is 23.9 Å². The van der Waals surface area contributed by atoms with Gasteiger partial charge in [0.25, 0.3) is 0 Å². The molecule has 1 N–H and O–H groups in total. The summed E-state index contributed by atoms with van der Waals surface area (Å²) < 4.78 is 15.1. The largest absolute Gasteiger partial charge is 0.385 e. The average Bonchev–Trinajstić information content (AvgIpc) is 2.89. The highest BCUT2D eigenvalue weighted by Gasteiger charge is 2.31. The molecule has 0 aliphatic rings. The highest BCUT2D eigenvalue weighted by atomic mass is 32.1. The molecule has 0 amide bonds. The lowest BCUT2D eigenvalue weighted by atomic mass is 9.88. The highest BCUT2D eigenvalue weighted by Crippen LogP contribution is 2.33. The maximum atomic E-state index is 14.0. The number of aromatic nitrogens is 1. The molecule has 0 spiro atoms. The molecule has 2 nitrogen and oxygen atoms in total. The minimum atomic E-state index is -1.22. The van der Waals surface area contributed by atoms with Crippen molar-refractivity contribution in [3.63, 3.8) is 0 Å². The second-order valence-corrected chi connectivity index (χ2v) is 6.23. The van der Waals surface area contributed by atoms with Crippen molar-refractivity contribution in [2.24, 2.45) is 0 Å². The minimum absolute atomic E-state index is 0.323. The molecule has 1 aromatic heterocycles. The first kappa shape index (κ1) is 14.2. The quantitative estimate of drug-likeness (QED) is 0.780. The third-order valence-corrected chi connectivity index (χ3v) is 4.78. The summed E-state index contributed by atoms with van der Waals surface area (Å²) in [5.74, 6) is -0.372. The van der Waals surface area contributed by atoms with Crippen LogP contribution in [-0.4, -0.2) is 10.1 Å². The van der Waals surface area contributed by atoms with Gasteiger partial charge in [0, 0.05) is 12.0 Å². The molecule has 0 aliphatic heterocycles. The van der Waals surface area contributed by atoms with Crippen LogP contribution in [0.5, 0.6) is 0 Å². The molecule has 108 valence electrons. The van der Waals surface area contributed by atoms with Gasteiger partial charge >= 0.3 is 0 Å². The van der Waals surface area contributed by atoms with Gasteiger partial charge in [0.05, 0.1) is 20.8 Å². The van der Waals surface area contributed by atoms with E-state index >= 15 is 0 Å². The zero-order valence-corrected chi connectivity index (χ0v) is 12.5. The Morgan fingerprint density at radius 3 is 2.57 bits per heavy atom. The molecule has 3 rings (SSSR count). The van der Waals surface area contributed by atoms with E-state index in [2.05, 4.69) is 4.98 Å². The van der Waals surface area contributed by atoms with Crippen molar-refractivity contribution in [3.05, 3.63) is 64.9 Å². The number of hydrogen-bond acceptors (Lipinski definition) is 3. The molecule has 21 heavy (non-hydrogen) atoms. The Morgan fingerprint density at radius 2 is 1.86 bits per heavy atom. The van der Waals surface area contributed by atoms with Crippen LogP contribution in [0.15, 0.2) is 48.5 Å². The van der Waals surface area contributed by atoms with Gasteiger partial charge in [-0.2, -0.15) is 0 Å². The molecule has 1 atom stereocenters. The van der Waals surface area contributed by atoms with Crippen molar-refractivity contribution in [1.29, 1.82) is 0 Å². The van der Waals surface area contributed by atoms with Gasteiger partial charge in [0.1, 0.15) is 5.82 Å². The van der Waals surface area contributed by atoms with Crippen molar-refractivity contribution in [2.45, 2.75) is 25.4 Å². The van der Waals surface area contributed by atoms with E-state index in [1.165, 1.54) is 6.07 Å². The Morgan fingerprint density at radius 1 is 1.14 bits per heavy atom. The van der Waals surface area contributed by atoms with Crippen molar-refractivity contribution >= 4 is 21.6 Å². The van der Waals surface area contributed by atoms with Crippen LogP contribution >= 0.6 is 11.3 Å².